The molecular weight excluding hydrogens is 304 g/mol. The SMILES string of the molecule is O=C(CN1CCCC1)N1CCCC1c1cncc(-n2ccnc2)n1. The quantitative estimate of drug-likeness (QED) is 0.850. The van der Waals surface area contributed by atoms with Crippen LogP contribution in [0, 0.1) is 0 Å². The Kier molecular flexibility index (Phi) is 4.25. The maximum absolute atomic E-state index is 12.7. The lowest BCUT2D eigenvalue weighted by atomic mass is 10.1. The van der Waals surface area contributed by atoms with E-state index in [1.165, 1.54) is 12.8 Å². The maximum atomic E-state index is 12.7. The zero-order valence-electron chi connectivity index (χ0n) is 13.7. The number of amides is 1. The van der Waals surface area contributed by atoms with E-state index >= 15 is 0 Å². The molecule has 1 atom stereocenters. The third kappa shape index (κ3) is 3.03. The standard InChI is InChI=1S/C17H22N6O/c24-17(12-21-6-1-2-7-21)23-8-3-4-15(23)14-10-19-11-16(20-14)22-9-5-18-13-22/h5,9-11,13,15H,1-4,6-8,12H2. The second-order valence-corrected chi connectivity index (χ2v) is 6.50. The van der Waals surface area contributed by atoms with Gasteiger partial charge >= 0.3 is 0 Å². The van der Waals surface area contributed by atoms with Gasteiger partial charge in [0.15, 0.2) is 5.82 Å². The number of nitrogens with zero attached hydrogens (tertiary/aromatic N) is 6. The fourth-order valence-electron chi connectivity index (χ4n) is 3.65. The van der Waals surface area contributed by atoms with Crippen LogP contribution < -0.4 is 0 Å². The van der Waals surface area contributed by atoms with Crippen molar-refractivity contribution in [1.82, 2.24) is 29.3 Å². The van der Waals surface area contributed by atoms with Crippen molar-refractivity contribution >= 4 is 5.91 Å². The first-order valence-electron chi connectivity index (χ1n) is 8.63. The van der Waals surface area contributed by atoms with E-state index in [-0.39, 0.29) is 11.9 Å². The average molecular weight is 326 g/mol. The van der Waals surface area contributed by atoms with Crippen LogP contribution in [-0.2, 0) is 4.79 Å². The summed E-state index contributed by atoms with van der Waals surface area (Å²) in [6.07, 6.45) is 13.2. The van der Waals surface area contributed by atoms with Gasteiger partial charge in [0, 0.05) is 18.9 Å². The predicted molar refractivity (Wildman–Crippen MR) is 88.5 cm³/mol. The largest absolute Gasteiger partial charge is 0.333 e. The molecule has 1 amide bonds. The van der Waals surface area contributed by atoms with Gasteiger partial charge in [0.25, 0.3) is 0 Å². The van der Waals surface area contributed by atoms with Gasteiger partial charge in [0.2, 0.25) is 5.91 Å². The topological polar surface area (TPSA) is 67.2 Å². The van der Waals surface area contributed by atoms with Crippen LogP contribution in [0.3, 0.4) is 0 Å². The van der Waals surface area contributed by atoms with Gasteiger partial charge in [-0.25, -0.2) is 9.97 Å². The third-order valence-corrected chi connectivity index (χ3v) is 4.88. The molecule has 0 aromatic carbocycles. The van der Waals surface area contributed by atoms with Crippen molar-refractivity contribution in [3.05, 3.63) is 36.8 Å². The van der Waals surface area contributed by atoms with Crippen LogP contribution in [0.4, 0.5) is 0 Å². The summed E-state index contributed by atoms with van der Waals surface area (Å²) < 4.78 is 1.84. The molecule has 0 bridgehead atoms. The van der Waals surface area contributed by atoms with Crippen LogP contribution in [0.15, 0.2) is 31.1 Å². The van der Waals surface area contributed by atoms with Gasteiger partial charge in [-0.2, -0.15) is 0 Å². The maximum Gasteiger partial charge on any atom is 0.237 e. The van der Waals surface area contributed by atoms with Gasteiger partial charge in [0.05, 0.1) is 30.7 Å². The molecule has 0 saturated carbocycles. The van der Waals surface area contributed by atoms with E-state index in [0.717, 1.165) is 44.0 Å². The predicted octanol–water partition coefficient (Wildman–Crippen LogP) is 1.42. The van der Waals surface area contributed by atoms with E-state index in [0.29, 0.717) is 6.54 Å². The lowest BCUT2D eigenvalue weighted by Gasteiger charge is -2.26. The first kappa shape index (κ1) is 15.3. The van der Waals surface area contributed by atoms with Crippen molar-refractivity contribution < 1.29 is 4.79 Å². The highest BCUT2D eigenvalue weighted by Gasteiger charge is 2.32. The Morgan fingerprint density at radius 2 is 2.00 bits per heavy atom. The molecule has 2 fully saturated rings. The van der Waals surface area contributed by atoms with Crippen LogP contribution in [-0.4, -0.2) is 61.4 Å². The van der Waals surface area contributed by atoms with Crippen LogP contribution >= 0.6 is 0 Å². The Morgan fingerprint density at radius 1 is 1.12 bits per heavy atom. The number of imidazole rings is 1. The molecule has 24 heavy (non-hydrogen) atoms. The van der Waals surface area contributed by atoms with E-state index in [1.807, 2.05) is 15.7 Å². The molecule has 0 spiro atoms. The number of hydrogen-bond donors (Lipinski definition) is 0. The first-order valence-corrected chi connectivity index (χ1v) is 8.63. The number of likely N-dealkylation sites (tertiary alicyclic amines) is 2. The van der Waals surface area contributed by atoms with Crippen molar-refractivity contribution in [2.75, 3.05) is 26.2 Å². The fraction of sp³-hybridized carbons (Fsp3) is 0.529. The van der Waals surface area contributed by atoms with Gasteiger partial charge in [-0.05, 0) is 38.8 Å². The number of carbonyl (C=O) groups is 1. The van der Waals surface area contributed by atoms with Crippen molar-refractivity contribution in [3.63, 3.8) is 0 Å². The molecule has 0 N–H and O–H groups in total. The summed E-state index contributed by atoms with van der Waals surface area (Å²) in [5.74, 6) is 0.957. The minimum absolute atomic E-state index is 0.0380. The molecular formula is C17H22N6O. The molecule has 2 aliphatic heterocycles. The molecule has 4 heterocycles. The monoisotopic (exact) mass is 326 g/mol. The molecule has 4 rings (SSSR count). The minimum Gasteiger partial charge on any atom is -0.333 e. The normalized spacial score (nSPS) is 21.5. The Morgan fingerprint density at radius 3 is 2.79 bits per heavy atom. The highest BCUT2D eigenvalue weighted by Crippen LogP contribution is 2.31. The molecule has 126 valence electrons. The van der Waals surface area contributed by atoms with E-state index in [1.54, 1.807) is 24.9 Å². The number of rotatable bonds is 4. The van der Waals surface area contributed by atoms with Crippen LogP contribution in [0.2, 0.25) is 0 Å². The smallest absolute Gasteiger partial charge is 0.237 e. The molecule has 0 aliphatic carbocycles. The Bertz CT molecular complexity index is 695. The number of aromatic nitrogens is 4. The fourth-order valence-corrected chi connectivity index (χ4v) is 3.65. The van der Waals surface area contributed by atoms with Crippen molar-refractivity contribution in [2.24, 2.45) is 0 Å². The molecule has 2 saturated heterocycles. The molecule has 0 radical (unpaired) electrons. The van der Waals surface area contributed by atoms with Gasteiger partial charge in [0.1, 0.15) is 6.33 Å². The lowest BCUT2D eigenvalue weighted by Crippen LogP contribution is -2.39. The number of hydrogen-bond acceptors (Lipinski definition) is 5. The number of carbonyl (C=O) groups excluding carboxylic acids is 1. The summed E-state index contributed by atoms with van der Waals surface area (Å²) in [5.41, 5.74) is 0.869. The van der Waals surface area contributed by atoms with E-state index in [4.69, 9.17) is 4.98 Å². The third-order valence-electron chi connectivity index (χ3n) is 4.88. The second-order valence-electron chi connectivity index (χ2n) is 6.50. The lowest BCUT2D eigenvalue weighted by molar-refractivity contribution is -0.133. The summed E-state index contributed by atoms with van der Waals surface area (Å²) in [6.45, 7) is 3.43. The molecule has 1 unspecified atom stereocenters. The molecule has 7 heteroatoms. The summed E-state index contributed by atoms with van der Waals surface area (Å²) >= 11 is 0. The highest BCUT2D eigenvalue weighted by atomic mass is 16.2. The van der Waals surface area contributed by atoms with Gasteiger partial charge in [-0.15, -0.1) is 0 Å². The van der Waals surface area contributed by atoms with Crippen LogP contribution in [0.5, 0.6) is 0 Å². The van der Waals surface area contributed by atoms with Gasteiger partial charge in [-0.1, -0.05) is 0 Å². The van der Waals surface area contributed by atoms with Crippen LogP contribution in [0.1, 0.15) is 37.4 Å². The van der Waals surface area contributed by atoms with Crippen molar-refractivity contribution in [3.8, 4) is 5.82 Å². The Hall–Kier alpha value is -2.28. The zero-order valence-corrected chi connectivity index (χ0v) is 13.7. The summed E-state index contributed by atoms with van der Waals surface area (Å²) in [5, 5.41) is 0. The van der Waals surface area contributed by atoms with Crippen molar-refractivity contribution in [2.45, 2.75) is 31.7 Å². The molecule has 2 aromatic rings. The van der Waals surface area contributed by atoms with Gasteiger partial charge in [-0.3, -0.25) is 19.2 Å². The average Bonchev–Trinajstić information content (AvgIpc) is 3.36. The minimum atomic E-state index is 0.0380. The van der Waals surface area contributed by atoms with E-state index in [2.05, 4.69) is 14.9 Å². The Labute approximate surface area is 141 Å². The second kappa shape index (κ2) is 6.68. The van der Waals surface area contributed by atoms with Gasteiger partial charge < -0.3 is 4.90 Å². The van der Waals surface area contributed by atoms with Crippen molar-refractivity contribution in [1.29, 1.82) is 0 Å². The summed E-state index contributed by atoms with van der Waals surface area (Å²) in [4.78, 5) is 30.0. The summed E-state index contributed by atoms with van der Waals surface area (Å²) in [7, 11) is 0. The zero-order chi connectivity index (χ0) is 16.4. The summed E-state index contributed by atoms with van der Waals surface area (Å²) in [6, 6.07) is 0.0380. The molecule has 2 aliphatic rings. The molecule has 2 aromatic heterocycles. The highest BCUT2D eigenvalue weighted by molar-refractivity contribution is 5.79. The molecule has 7 nitrogen and oxygen atoms in total. The van der Waals surface area contributed by atoms with E-state index in [9.17, 15) is 4.79 Å². The van der Waals surface area contributed by atoms with E-state index < -0.39 is 0 Å². The first-order chi connectivity index (χ1) is 11.8. The Balaban J connectivity index is 1.52. The van der Waals surface area contributed by atoms with Crippen LogP contribution in [0.25, 0.3) is 5.82 Å².